The quantitative estimate of drug-likeness (QED) is 0.678. The maximum Gasteiger partial charge on any atom is 0.341 e. The number of hydrogen-bond acceptors (Lipinski definition) is 3. The van der Waals surface area contributed by atoms with E-state index in [9.17, 15) is 22.8 Å². The number of benzene rings is 1. The lowest BCUT2D eigenvalue weighted by atomic mass is 9.92. The van der Waals surface area contributed by atoms with Gasteiger partial charge in [0.2, 0.25) is 5.91 Å². The van der Waals surface area contributed by atoms with Gasteiger partial charge < -0.3 is 10.5 Å². The number of carbonyl (C=O) groups excluding carboxylic acids is 2. The largest absolute Gasteiger partial charge is 0.462 e. The van der Waals surface area contributed by atoms with E-state index in [0.29, 0.717) is 6.07 Å². The summed E-state index contributed by atoms with van der Waals surface area (Å²) in [6, 6.07) is 0.536. The molecule has 0 unspecified atom stereocenters. The van der Waals surface area contributed by atoms with Crippen LogP contribution in [0, 0.1) is 17.5 Å². The average Bonchev–Trinajstić information content (AvgIpc) is 3.15. The molecular weight excluding hydrogens is 275 g/mol. The number of primary amides is 1. The van der Waals surface area contributed by atoms with Crippen LogP contribution >= 0.6 is 0 Å². The van der Waals surface area contributed by atoms with Crippen LogP contribution in [0.4, 0.5) is 13.2 Å². The molecule has 0 atom stereocenters. The third kappa shape index (κ3) is 2.03. The number of amides is 1. The third-order valence-corrected chi connectivity index (χ3v) is 3.35. The van der Waals surface area contributed by atoms with Gasteiger partial charge in [-0.3, -0.25) is 4.79 Å². The molecule has 1 aliphatic rings. The first-order chi connectivity index (χ1) is 9.35. The van der Waals surface area contributed by atoms with Crippen LogP contribution < -0.4 is 5.73 Å². The SMILES string of the molecule is CCOC(=O)c1cc(F)c(C2(C(N)=O)CC2)c(F)c1F. The Morgan fingerprint density at radius 3 is 2.35 bits per heavy atom. The number of halogens is 3. The summed E-state index contributed by atoms with van der Waals surface area (Å²) in [5.41, 5.74) is 2.05. The summed E-state index contributed by atoms with van der Waals surface area (Å²) in [5.74, 6) is -6.36. The van der Waals surface area contributed by atoms with Crippen molar-refractivity contribution in [1.29, 1.82) is 0 Å². The zero-order valence-electron chi connectivity index (χ0n) is 10.6. The Balaban J connectivity index is 2.56. The van der Waals surface area contributed by atoms with Gasteiger partial charge >= 0.3 is 5.97 Å². The van der Waals surface area contributed by atoms with E-state index in [-0.39, 0.29) is 19.4 Å². The van der Waals surface area contributed by atoms with Gasteiger partial charge in [-0.25, -0.2) is 18.0 Å². The Bertz CT molecular complexity index is 597. The molecule has 4 nitrogen and oxygen atoms in total. The van der Waals surface area contributed by atoms with Crippen molar-refractivity contribution < 1.29 is 27.5 Å². The molecule has 0 radical (unpaired) electrons. The minimum Gasteiger partial charge on any atom is -0.462 e. The van der Waals surface area contributed by atoms with Gasteiger partial charge in [-0.2, -0.15) is 0 Å². The summed E-state index contributed by atoms with van der Waals surface area (Å²) in [5, 5.41) is 0. The monoisotopic (exact) mass is 287 g/mol. The van der Waals surface area contributed by atoms with E-state index < -0.39 is 45.9 Å². The van der Waals surface area contributed by atoms with Gasteiger partial charge in [-0.1, -0.05) is 0 Å². The first-order valence-corrected chi connectivity index (χ1v) is 6.00. The van der Waals surface area contributed by atoms with Gasteiger partial charge in [-0.05, 0) is 25.8 Å². The fourth-order valence-corrected chi connectivity index (χ4v) is 2.14. The van der Waals surface area contributed by atoms with E-state index in [1.54, 1.807) is 0 Å². The molecule has 2 N–H and O–H groups in total. The second-order valence-corrected chi connectivity index (χ2v) is 4.58. The van der Waals surface area contributed by atoms with E-state index >= 15 is 0 Å². The predicted molar refractivity (Wildman–Crippen MR) is 62.4 cm³/mol. The highest BCUT2D eigenvalue weighted by molar-refractivity contribution is 5.92. The second-order valence-electron chi connectivity index (χ2n) is 4.58. The number of carbonyl (C=O) groups is 2. The topological polar surface area (TPSA) is 69.4 Å². The maximum atomic E-state index is 14.0. The molecule has 20 heavy (non-hydrogen) atoms. The van der Waals surface area contributed by atoms with Crippen molar-refractivity contribution in [2.75, 3.05) is 6.61 Å². The molecule has 1 saturated carbocycles. The first kappa shape index (κ1) is 14.4. The maximum absolute atomic E-state index is 14.0. The molecule has 0 saturated heterocycles. The lowest BCUT2D eigenvalue weighted by Crippen LogP contribution is -2.31. The summed E-state index contributed by atoms with van der Waals surface area (Å²) in [6.45, 7) is 1.41. The zero-order valence-corrected chi connectivity index (χ0v) is 10.6. The number of ether oxygens (including phenoxy) is 1. The Morgan fingerprint density at radius 1 is 1.30 bits per heavy atom. The van der Waals surface area contributed by atoms with Gasteiger partial charge in [-0.15, -0.1) is 0 Å². The van der Waals surface area contributed by atoms with Crippen molar-refractivity contribution in [3.63, 3.8) is 0 Å². The van der Waals surface area contributed by atoms with Crippen LogP contribution in [-0.4, -0.2) is 18.5 Å². The highest BCUT2D eigenvalue weighted by Crippen LogP contribution is 2.50. The summed E-state index contributed by atoms with van der Waals surface area (Å²) in [6.07, 6.45) is 0.294. The van der Waals surface area contributed by atoms with E-state index in [1.165, 1.54) is 6.92 Å². The summed E-state index contributed by atoms with van der Waals surface area (Å²) < 4.78 is 46.3. The Morgan fingerprint density at radius 2 is 1.90 bits per heavy atom. The fraction of sp³-hybridized carbons (Fsp3) is 0.385. The summed E-state index contributed by atoms with van der Waals surface area (Å²) in [4.78, 5) is 22.7. The number of rotatable bonds is 4. The van der Waals surface area contributed by atoms with Crippen LogP contribution in [0.1, 0.15) is 35.7 Å². The summed E-state index contributed by atoms with van der Waals surface area (Å²) in [7, 11) is 0. The molecular formula is C13H12F3NO3. The third-order valence-electron chi connectivity index (χ3n) is 3.35. The normalized spacial score (nSPS) is 15.8. The van der Waals surface area contributed by atoms with Crippen molar-refractivity contribution >= 4 is 11.9 Å². The van der Waals surface area contributed by atoms with E-state index in [0.717, 1.165) is 0 Å². The van der Waals surface area contributed by atoms with Crippen LogP contribution in [0.2, 0.25) is 0 Å². The molecule has 1 amide bonds. The van der Waals surface area contributed by atoms with Crippen molar-refractivity contribution in [1.82, 2.24) is 0 Å². The van der Waals surface area contributed by atoms with Gasteiger partial charge in [0.15, 0.2) is 11.6 Å². The number of nitrogens with two attached hydrogens (primary N) is 1. The van der Waals surface area contributed by atoms with Crippen LogP contribution in [0.25, 0.3) is 0 Å². The molecule has 0 aliphatic heterocycles. The number of hydrogen-bond donors (Lipinski definition) is 1. The summed E-state index contributed by atoms with van der Waals surface area (Å²) >= 11 is 0. The van der Waals surface area contributed by atoms with Crippen molar-refractivity contribution in [3.8, 4) is 0 Å². The van der Waals surface area contributed by atoms with Crippen LogP contribution in [0.3, 0.4) is 0 Å². The van der Waals surface area contributed by atoms with E-state index in [1.807, 2.05) is 0 Å². The molecule has 0 bridgehead atoms. The Labute approximate surface area is 112 Å². The predicted octanol–water partition coefficient (Wildman–Crippen LogP) is 1.80. The van der Waals surface area contributed by atoms with Gasteiger partial charge in [0.25, 0.3) is 0 Å². The highest BCUT2D eigenvalue weighted by atomic mass is 19.2. The minimum absolute atomic E-state index is 0.0610. The van der Waals surface area contributed by atoms with Crippen molar-refractivity contribution in [2.24, 2.45) is 5.73 Å². The molecule has 1 fully saturated rings. The van der Waals surface area contributed by atoms with Gasteiger partial charge in [0, 0.05) is 5.56 Å². The molecule has 7 heteroatoms. The van der Waals surface area contributed by atoms with Crippen molar-refractivity contribution in [2.45, 2.75) is 25.2 Å². The average molecular weight is 287 g/mol. The Kier molecular flexibility index (Phi) is 3.45. The van der Waals surface area contributed by atoms with Gasteiger partial charge in [0.1, 0.15) is 11.4 Å². The van der Waals surface area contributed by atoms with Crippen LogP contribution in [0.15, 0.2) is 6.07 Å². The second kappa shape index (κ2) is 4.81. The first-order valence-electron chi connectivity index (χ1n) is 6.00. The van der Waals surface area contributed by atoms with E-state index in [2.05, 4.69) is 4.74 Å². The number of esters is 1. The lowest BCUT2D eigenvalue weighted by Gasteiger charge is -2.15. The molecule has 108 valence electrons. The highest BCUT2D eigenvalue weighted by Gasteiger charge is 2.54. The zero-order chi connectivity index (χ0) is 15.1. The fourth-order valence-electron chi connectivity index (χ4n) is 2.14. The van der Waals surface area contributed by atoms with E-state index in [4.69, 9.17) is 5.73 Å². The molecule has 0 heterocycles. The molecule has 1 aromatic rings. The molecule has 1 aromatic carbocycles. The lowest BCUT2D eigenvalue weighted by molar-refractivity contribution is -0.120. The minimum atomic E-state index is -1.57. The molecule has 2 rings (SSSR count). The smallest absolute Gasteiger partial charge is 0.341 e. The molecule has 0 spiro atoms. The molecule has 0 aromatic heterocycles. The van der Waals surface area contributed by atoms with Crippen LogP contribution in [0.5, 0.6) is 0 Å². The molecule has 1 aliphatic carbocycles. The van der Waals surface area contributed by atoms with Crippen LogP contribution in [-0.2, 0) is 14.9 Å². The van der Waals surface area contributed by atoms with Crippen molar-refractivity contribution in [3.05, 3.63) is 34.6 Å². The standard InChI is InChI=1S/C13H12F3NO3/c1-2-20-11(18)6-5-7(14)8(10(16)9(6)15)13(3-4-13)12(17)19/h5H,2-4H2,1H3,(H2,17,19). The van der Waals surface area contributed by atoms with Gasteiger partial charge in [0.05, 0.1) is 12.0 Å². The Hall–Kier alpha value is -2.05.